The first-order valence-electron chi connectivity index (χ1n) is 0.622. The van der Waals surface area contributed by atoms with Crippen molar-refractivity contribution in [2.45, 2.75) is 0 Å². The van der Waals surface area contributed by atoms with Crippen LogP contribution >= 0.6 is 0 Å². The molecule has 0 amide bonds. The van der Waals surface area contributed by atoms with Crippen molar-refractivity contribution in [1.29, 1.82) is 5.41 Å². The van der Waals surface area contributed by atoms with Crippen molar-refractivity contribution in [2.75, 3.05) is 0 Å². The molecular formula is CH4N2Na. The first-order valence-corrected chi connectivity index (χ1v) is 0.622. The molecule has 0 heterocycles. The zero-order valence-corrected chi connectivity index (χ0v) is 4.65. The summed E-state index contributed by atoms with van der Waals surface area (Å²) in [5.41, 5.74) is 4.39. The number of hydrogen-bond donors (Lipinski definition) is 2. The van der Waals surface area contributed by atoms with Crippen LogP contribution in [0.25, 0.3) is 0 Å². The topological polar surface area (TPSA) is 49.9 Å². The van der Waals surface area contributed by atoms with Gasteiger partial charge in [-0.2, -0.15) is 0 Å². The van der Waals surface area contributed by atoms with E-state index in [1.54, 1.807) is 0 Å². The van der Waals surface area contributed by atoms with Gasteiger partial charge in [-0.3, -0.25) is 5.41 Å². The molecule has 2 nitrogen and oxygen atoms in total. The third kappa shape index (κ3) is 24.2. The Bertz CT molecular complexity index is 13.5. The predicted molar refractivity (Wildman–Crippen MR) is 18.7 cm³/mol. The molecule has 0 aliphatic heterocycles. The second-order valence-electron chi connectivity index (χ2n) is 0.167. The van der Waals surface area contributed by atoms with Crippen molar-refractivity contribution in [3.8, 4) is 0 Å². The summed E-state index contributed by atoms with van der Waals surface area (Å²) in [7, 11) is 0. The monoisotopic (exact) mass is 67.0 g/mol. The molecular weight excluding hydrogens is 63.0 g/mol. The zero-order chi connectivity index (χ0) is 2.71. The predicted octanol–water partition coefficient (Wildman–Crippen LogP) is -0.829. The minimum atomic E-state index is 0. The van der Waals surface area contributed by atoms with E-state index in [1.807, 2.05) is 0 Å². The molecule has 0 bridgehead atoms. The fraction of sp³-hybridized carbons (Fsp3) is 0. The molecule has 1 radical (unpaired) electrons. The van der Waals surface area contributed by atoms with Crippen LogP contribution < -0.4 is 5.73 Å². The Morgan fingerprint density at radius 3 is 1.75 bits per heavy atom. The summed E-state index contributed by atoms with van der Waals surface area (Å²) in [6.45, 7) is 0. The molecule has 0 spiro atoms. The molecule has 0 aromatic rings. The minimum absolute atomic E-state index is 0. The SMILES string of the molecule is N=CN.[Na]. The zero-order valence-electron chi connectivity index (χ0n) is 2.65. The Kier molecular flexibility index (Phi) is 21.6. The van der Waals surface area contributed by atoms with Crippen LogP contribution in [0.5, 0.6) is 0 Å². The Labute approximate surface area is 47.2 Å². The van der Waals surface area contributed by atoms with E-state index in [1.165, 1.54) is 0 Å². The first-order chi connectivity index (χ1) is 1.41. The average Bonchev–Trinajstić information content (AvgIpc) is 0.918. The molecule has 0 aliphatic carbocycles. The maximum atomic E-state index is 5.86. The summed E-state index contributed by atoms with van der Waals surface area (Å²) in [4.78, 5) is 0. The van der Waals surface area contributed by atoms with E-state index < -0.39 is 0 Å². The van der Waals surface area contributed by atoms with Gasteiger partial charge >= 0.3 is 0 Å². The maximum absolute atomic E-state index is 5.86. The van der Waals surface area contributed by atoms with Gasteiger partial charge in [0, 0.05) is 29.6 Å². The van der Waals surface area contributed by atoms with Crippen LogP contribution in [-0.2, 0) is 0 Å². The van der Waals surface area contributed by atoms with Gasteiger partial charge in [0.15, 0.2) is 0 Å². The van der Waals surface area contributed by atoms with E-state index in [9.17, 15) is 0 Å². The van der Waals surface area contributed by atoms with E-state index in [2.05, 4.69) is 5.73 Å². The van der Waals surface area contributed by atoms with Crippen molar-refractivity contribution < 1.29 is 0 Å². The van der Waals surface area contributed by atoms with Gasteiger partial charge in [-0.15, -0.1) is 0 Å². The van der Waals surface area contributed by atoms with Crippen molar-refractivity contribution in [3.05, 3.63) is 0 Å². The van der Waals surface area contributed by atoms with Crippen LogP contribution in [0.1, 0.15) is 0 Å². The van der Waals surface area contributed by atoms with Gasteiger partial charge < -0.3 is 5.73 Å². The fourth-order valence-corrected chi connectivity index (χ4v) is 0. The van der Waals surface area contributed by atoms with Crippen LogP contribution in [0.2, 0.25) is 0 Å². The van der Waals surface area contributed by atoms with Gasteiger partial charge in [-0.1, -0.05) is 0 Å². The van der Waals surface area contributed by atoms with Gasteiger partial charge in [0.2, 0.25) is 0 Å². The summed E-state index contributed by atoms with van der Waals surface area (Å²) >= 11 is 0. The van der Waals surface area contributed by atoms with Crippen molar-refractivity contribution in [1.82, 2.24) is 0 Å². The molecule has 0 rings (SSSR count). The van der Waals surface area contributed by atoms with E-state index in [4.69, 9.17) is 5.41 Å². The molecule has 19 valence electrons. The fourth-order valence-electron chi connectivity index (χ4n) is 0. The number of hydrogen-bond acceptors (Lipinski definition) is 1. The molecule has 0 saturated heterocycles. The number of nitrogens with one attached hydrogen (secondary N) is 1. The number of rotatable bonds is 0. The molecule has 0 aromatic carbocycles. The third-order valence-corrected chi connectivity index (χ3v) is 0. The Morgan fingerprint density at radius 2 is 1.75 bits per heavy atom. The van der Waals surface area contributed by atoms with Crippen LogP contribution in [0, 0.1) is 5.41 Å². The molecule has 4 heavy (non-hydrogen) atoms. The maximum Gasteiger partial charge on any atom is 0.0765 e. The van der Waals surface area contributed by atoms with Crippen molar-refractivity contribution in [2.24, 2.45) is 5.73 Å². The third-order valence-electron chi connectivity index (χ3n) is 0. The van der Waals surface area contributed by atoms with Crippen molar-refractivity contribution in [3.63, 3.8) is 0 Å². The summed E-state index contributed by atoms with van der Waals surface area (Å²) in [6.07, 6.45) is 0.750. The molecule has 3 N–H and O–H groups in total. The molecule has 0 unspecified atom stereocenters. The quantitative estimate of drug-likeness (QED) is 0.217. The molecule has 0 fully saturated rings. The van der Waals surface area contributed by atoms with Gasteiger partial charge in [-0.05, 0) is 0 Å². The van der Waals surface area contributed by atoms with Crippen molar-refractivity contribution >= 4 is 35.9 Å². The Hall–Kier alpha value is 0.470. The molecule has 0 atom stereocenters. The van der Waals surface area contributed by atoms with Gasteiger partial charge in [0.1, 0.15) is 0 Å². The molecule has 0 aliphatic rings. The second-order valence-corrected chi connectivity index (χ2v) is 0.167. The van der Waals surface area contributed by atoms with E-state index in [0.717, 1.165) is 6.34 Å². The standard InChI is InChI=1S/CH4N2.Na/c2-1-3;/h1H,(H3,2,3);. The minimum Gasteiger partial charge on any atom is -0.390 e. The largest absolute Gasteiger partial charge is 0.390 e. The van der Waals surface area contributed by atoms with Crippen LogP contribution in [0.4, 0.5) is 0 Å². The summed E-state index contributed by atoms with van der Waals surface area (Å²) < 4.78 is 0. The van der Waals surface area contributed by atoms with E-state index >= 15 is 0 Å². The summed E-state index contributed by atoms with van der Waals surface area (Å²) in [5.74, 6) is 0. The summed E-state index contributed by atoms with van der Waals surface area (Å²) in [5, 5.41) is 5.86. The van der Waals surface area contributed by atoms with E-state index in [0.29, 0.717) is 0 Å². The second kappa shape index (κ2) is 9.80. The molecule has 0 saturated carbocycles. The first kappa shape index (κ1) is 8.82. The van der Waals surface area contributed by atoms with Gasteiger partial charge in [-0.25, -0.2) is 0 Å². The Balaban J connectivity index is 0. The van der Waals surface area contributed by atoms with Crippen LogP contribution in [0.3, 0.4) is 0 Å². The molecule has 3 heteroatoms. The molecule has 0 aromatic heterocycles. The normalized spacial score (nSPS) is 3.00. The van der Waals surface area contributed by atoms with Crippen LogP contribution in [0.15, 0.2) is 0 Å². The van der Waals surface area contributed by atoms with Crippen LogP contribution in [-0.4, -0.2) is 35.9 Å². The smallest absolute Gasteiger partial charge is 0.0765 e. The summed E-state index contributed by atoms with van der Waals surface area (Å²) in [6, 6.07) is 0. The van der Waals surface area contributed by atoms with Gasteiger partial charge in [0.25, 0.3) is 0 Å². The van der Waals surface area contributed by atoms with Gasteiger partial charge in [0.05, 0.1) is 6.34 Å². The Morgan fingerprint density at radius 1 is 1.75 bits per heavy atom. The van der Waals surface area contributed by atoms with E-state index in [-0.39, 0.29) is 29.6 Å². The number of nitrogens with two attached hydrogens (primary N) is 1. The average molecular weight is 67.0 g/mol.